The van der Waals surface area contributed by atoms with Crippen molar-refractivity contribution in [2.75, 3.05) is 6.61 Å². The summed E-state index contributed by atoms with van der Waals surface area (Å²) >= 11 is 0.0345. The summed E-state index contributed by atoms with van der Waals surface area (Å²) in [7, 11) is 0. The van der Waals surface area contributed by atoms with E-state index in [0.29, 0.717) is 5.32 Å². The minimum absolute atomic E-state index is 0.0345. The first-order valence-electron chi connectivity index (χ1n) is 3.43. The Bertz CT molecular complexity index is 130. The van der Waals surface area contributed by atoms with E-state index in [4.69, 9.17) is 15.3 Å². The van der Waals surface area contributed by atoms with Crippen LogP contribution in [0.2, 0.25) is 10.1 Å². The van der Waals surface area contributed by atoms with Crippen LogP contribution < -0.4 is 0 Å². The summed E-state index contributed by atoms with van der Waals surface area (Å²) in [4.78, 5) is -0.221. The molecule has 0 aromatic heterocycles. The number of hydrogen-bond acceptors (Lipinski definition) is 4. The van der Waals surface area contributed by atoms with Crippen molar-refractivity contribution in [2.24, 2.45) is 0 Å². The molecule has 0 aromatic carbocycles. The Balaban J connectivity index is 2.52. The third kappa shape index (κ3) is 1.93. The molecule has 0 aliphatic carbocycles. The molecule has 5 heteroatoms. The molecule has 0 spiro atoms. The van der Waals surface area contributed by atoms with E-state index in [-0.39, 0.29) is 26.4 Å². The fourth-order valence-corrected chi connectivity index (χ4v) is 3.35. The fraction of sp³-hybridized carbons (Fsp3) is 1.00. The van der Waals surface area contributed by atoms with E-state index in [1.165, 1.54) is 0 Å². The zero-order valence-electron chi connectivity index (χ0n) is 5.92. The van der Waals surface area contributed by atoms with Crippen molar-refractivity contribution < 1.29 is 20.4 Å². The monoisotopic (exact) mass is 228 g/mol. The topological polar surface area (TPSA) is 80.9 Å². The third-order valence-electron chi connectivity index (χ3n) is 1.79. The van der Waals surface area contributed by atoms with E-state index in [1.54, 1.807) is 0 Å². The Hall–Kier alpha value is 0.359. The quantitative estimate of drug-likeness (QED) is 0.390. The fourth-order valence-electron chi connectivity index (χ4n) is 1.03. The van der Waals surface area contributed by atoms with Crippen molar-refractivity contribution in [1.29, 1.82) is 0 Å². The SMILES string of the molecule is OC[C@H]1[Se]C[C@@H](O)[C@H](O)[C@@H]1O. The van der Waals surface area contributed by atoms with E-state index >= 15 is 0 Å². The van der Waals surface area contributed by atoms with Gasteiger partial charge in [-0.15, -0.1) is 0 Å². The molecular formula is C6H12O4Se. The zero-order chi connectivity index (χ0) is 8.43. The van der Waals surface area contributed by atoms with Crippen LogP contribution in [0.15, 0.2) is 0 Å². The van der Waals surface area contributed by atoms with Crippen LogP contribution in [0.1, 0.15) is 0 Å². The second-order valence-electron chi connectivity index (χ2n) is 2.60. The average Bonchev–Trinajstić information content (AvgIpc) is 2.01. The Kier molecular flexibility index (Phi) is 3.30. The van der Waals surface area contributed by atoms with Crippen molar-refractivity contribution in [1.82, 2.24) is 0 Å². The van der Waals surface area contributed by atoms with Gasteiger partial charge in [-0.1, -0.05) is 0 Å². The molecule has 0 unspecified atom stereocenters. The molecule has 0 saturated carbocycles. The molecule has 0 aromatic rings. The molecule has 4 nitrogen and oxygen atoms in total. The van der Waals surface area contributed by atoms with Crippen LogP contribution in [0.3, 0.4) is 0 Å². The third-order valence-corrected chi connectivity index (χ3v) is 4.70. The van der Waals surface area contributed by atoms with Gasteiger partial charge in [0, 0.05) is 0 Å². The summed E-state index contributed by atoms with van der Waals surface area (Å²) in [6.45, 7) is -0.106. The van der Waals surface area contributed by atoms with Crippen LogP contribution in [-0.2, 0) is 0 Å². The summed E-state index contributed by atoms with van der Waals surface area (Å²) < 4.78 is 0. The second kappa shape index (κ2) is 3.85. The van der Waals surface area contributed by atoms with Gasteiger partial charge in [-0.05, 0) is 0 Å². The van der Waals surface area contributed by atoms with Crippen LogP contribution >= 0.6 is 0 Å². The van der Waals surface area contributed by atoms with E-state index in [0.717, 1.165) is 0 Å². The molecule has 0 bridgehead atoms. The Morgan fingerprint density at radius 1 is 1.18 bits per heavy atom. The molecule has 1 aliphatic rings. The van der Waals surface area contributed by atoms with Crippen LogP contribution in [0, 0.1) is 0 Å². The van der Waals surface area contributed by atoms with Gasteiger partial charge in [0.2, 0.25) is 0 Å². The van der Waals surface area contributed by atoms with Crippen molar-refractivity contribution >= 4 is 15.0 Å². The van der Waals surface area contributed by atoms with Crippen LogP contribution in [0.4, 0.5) is 0 Å². The normalized spacial score (nSPS) is 45.8. The Morgan fingerprint density at radius 2 is 1.82 bits per heavy atom. The van der Waals surface area contributed by atoms with Gasteiger partial charge in [-0.3, -0.25) is 0 Å². The Morgan fingerprint density at radius 3 is 2.36 bits per heavy atom. The maximum absolute atomic E-state index is 9.25. The van der Waals surface area contributed by atoms with Crippen LogP contribution in [0.25, 0.3) is 0 Å². The van der Waals surface area contributed by atoms with Crippen molar-refractivity contribution in [2.45, 2.75) is 28.4 Å². The molecule has 11 heavy (non-hydrogen) atoms. The minimum atomic E-state index is -1.08. The van der Waals surface area contributed by atoms with E-state index in [1.807, 2.05) is 0 Å². The molecule has 0 radical (unpaired) electrons. The molecule has 4 atom stereocenters. The maximum atomic E-state index is 9.25. The molecule has 1 aliphatic heterocycles. The summed E-state index contributed by atoms with van der Waals surface area (Å²) in [5, 5.41) is 36.7. The summed E-state index contributed by atoms with van der Waals surface area (Å²) in [6, 6.07) is 0. The number of aliphatic hydroxyl groups excluding tert-OH is 4. The molecule has 4 N–H and O–H groups in total. The number of rotatable bonds is 1. The van der Waals surface area contributed by atoms with Crippen LogP contribution in [0.5, 0.6) is 0 Å². The summed E-state index contributed by atoms with van der Waals surface area (Å²) in [6.07, 6.45) is -2.85. The van der Waals surface area contributed by atoms with Crippen LogP contribution in [-0.4, -0.2) is 60.3 Å². The molecule has 66 valence electrons. The van der Waals surface area contributed by atoms with E-state index < -0.39 is 18.3 Å². The van der Waals surface area contributed by atoms with Crippen molar-refractivity contribution in [3.05, 3.63) is 0 Å². The summed E-state index contributed by atoms with van der Waals surface area (Å²) in [5.74, 6) is 0. The molecule has 0 amide bonds. The molecule has 1 saturated heterocycles. The second-order valence-corrected chi connectivity index (χ2v) is 5.27. The van der Waals surface area contributed by atoms with Crippen molar-refractivity contribution in [3.63, 3.8) is 0 Å². The first-order chi connectivity index (χ1) is 5.16. The van der Waals surface area contributed by atoms with Gasteiger partial charge in [-0.2, -0.15) is 0 Å². The molecule has 1 heterocycles. The van der Waals surface area contributed by atoms with E-state index in [9.17, 15) is 5.11 Å². The molecule has 1 fully saturated rings. The van der Waals surface area contributed by atoms with Gasteiger partial charge in [-0.25, -0.2) is 0 Å². The predicted octanol–water partition coefficient (Wildman–Crippen LogP) is -2.01. The van der Waals surface area contributed by atoms with Gasteiger partial charge < -0.3 is 0 Å². The van der Waals surface area contributed by atoms with Crippen molar-refractivity contribution in [3.8, 4) is 0 Å². The van der Waals surface area contributed by atoms with Gasteiger partial charge in [0.05, 0.1) is 0 Å². The standard InChI is InChI=1S/C6H12O4Se/c7-1-4-6(10)5(9)3(8)2-11-4/h3-10H,1-2H2/t3-,4-,5+,6-/m1/s1. The van der Waals surface area contributed by atoms with Gasteiger partial charge in [0.1, 0.15) is 0 Å². The molecular weight excluding hydrogens is 215 g/mol. The number of aliphatic hydroxyl groups is 4. The predicted molar refractivity (Wildman–Crippen MR) is 39.4 cm³/mol. The van der Waals surface area contributed by atoms with Gasteiger partial charge in [0.15, 0.2) is 0 Å². The van der Waals surface area contributed by atoms with E-state index in [2.05, 4.69) is 0 Å². The van der Waals surface area contributed by atoms with Gasteiger partial charge in [0.25, 0.3) is 0 Å². The van der Waals surface area contributed by atoms with Gasteiger partial charge >= 0.3 is 70.4 Å². The first kappa shape index (κ1) is 9.45. The molecule has 1 rings (SSSR count). The first-order valence-corrected chi connectivity index (χ1v) is 5.63. The average molecular weight is 227 g/mol. The summed E-state index contributed by atoms with van der Waals surface area (Å²) in [5.41, 5.74) is 0. The Labute approximate surface area is 71.0 Å². The number of hydrogen-bond donors (Lipinski definition) is 4. The zero-order valence-corrected chi connectivity index (χ0v) is 7.63.